The maximum Gasteiger partial charge on any atom is 0.508 e. The number of hydrogen-bond donors (Lipinski definition) is 1. The highest BCUT2D eigenvalue weighted by atomic mass is 16.9. The fourth-order valence-corrected chi connectivity index (χ4v) is 0.683. The second kappa shape index (κ2) is 9.00. The molecule has 0 aliphatic carbocycles. The van der Waals surface area contributed by atoms with Crippen LogP contribution < -0.4 is 5.73 Å². The number of hydrogen-bond acceptors (Lipinski definition) is 7. The number of nitrogens with zero attached hydrogens (tertiary/aromatic N) is 1. The van der Waals surface area contributed by atoms with Crippen LogP contribution in [0, 0.1) is 10.1 Å². The first-order chi connectivity index (χ1) is 7.16. The molecular weight excluding hydrogens is 208 g/mol. The van der Waals surface area contributed by atoms with Crippen molar-refractivity contribution in [3.8, 4) is 0 Å². The van der Waals surface area contributed by atoms with Crippen molar-refractivity contribution in [3.05, 3.63) is 10.1 Å². The molecular formula is C7H14N2O6. The molecule has 0 aromatic carbocycles. The van der Waals surface area contributed by atoms with E-state index >= 15 is 0 Å². The van der Waals surface area contributed by atoms with Gasteiger partial charge in [0.05, 0.1) is 13.2 Å². The largest absolute Gasteiger partial charge is 0.508 e. The predicted molar refractivity (Wildman–Crippen MR) is 48.5 cm³/mol. The van der Waals surface area contributed by atoms with Crippen molar-refractivity contribution in [1.29, 1.82) is 0 Å². The summed E-state index contributed by atoms with van der Waals surface area (Å²) in [6.45, 7) is 0.494. The van der Waals surface area contributed by atoms with E-state index in [-0.39, 0.29) is 26.4 Å². The van der Waals surface area contributed by atoms with Gasteiger partial charge in [0.1, 0.15) is 6.61 Å². The molecule has 0 saturated carbocycles. The van der Waals surface area contributed by atoms with Crippen LogP contribution in [-0.4, -0.2) is 37.6 Å². The highest BCUT2D eigenvalue weighted by molar-refractivity contribution is 5.59. The van der Waals surface area contributed by atoms with Crippen LogP contribution in [-0.2, 0) is 14.3 Å². The Balaban J connectivity index is 3.16. The zero-order valence-corrected chi connectivity index (χ0v) is 8.22. The molecule has 0 aromatic rings. The molecule has 88 valence electrons. The van der Waals surface area contributed by atoms with Crippen molar-refractivity contribution < 1.29 is 24.2 Å². The van der Waals surface area contributed by atoms with Gasteiger partial charge in [0.15, 0.2) is 0 Å². The average Bonchev–Trinajstić information content (AvgIpc) is 2.19. The SMILES string of the molecule is NCCOC(=O)OCCCCO[N+](=O)[O-]. The zero-order chi connectivity index (χ0) is 11.5. The van der Waals surface area contributed by atoms with E-state index in [9.17, 15) is 14.9 Å². The molecule has 0 spiro atoms. The van der Waals surface area contributed by atoms with E-state index < -0.39 is 11.2 Å². The summed E-state index contributed by atoms with van der Waals surface area (Å²) in [5.74, 6) is 0. The van der Waals surface area contributed by atoms with Crippen molar-refractivity contribution in [3.63, 3.8) is 0 Å². The summed E-state index contributed by atoms with van der Waals surface area (Å²) in [7, 11) is 0. The van der Waals surface area contributed by atoms with Gasteiger partial charge in [-0.3, -0.25) is 0 Å². The van der Waals surface area contributed by atoms with Gasteiger partial charge in [-0.2, -0.15) is 0 Å². The Kier molecular flexibility index (Phi) is 8.06. The van der Waals surface area contributed by atoms with Crippen LogP contribution in [0.1, 0.15) is 12.8 Å². The number of unbranched alkanes of at least 4 members (excludes halogenated alkanes) is 1. The lowest BCUT2D eigenvalue weighted by Crippen LogP contribution is -2.15. The Morgan fingerprint density at radius 3 is 2.40 bits per heavy atom. The molecule has 0 rings (SSSR count). The molecule has 15 heavy (non-hydrogen) atoms. The van der Waals surface area contributed by atoms with E-state index in [0.717, 1.165) is 0 Å². The lowest BCUT2D eigenvalue weighted by atomic mass is 10.3. The van der Waals surface area contributed by atoms with E-state index in [4.69, 9.17) is 5.73 Å². The molecule has 0 fully saturated rings. The summed E-state index contributed by atoms with van der Waals surface area (Å²) in [6.07, 6.45) is 0.132. The standard InChI is InChI=1S/C7H14N2O6/c8-3-6-14-7(10)13-4-1-2-5-15-9(11)12/h1-6,8H2. The van der Waals surface area contributed by atoms with Gasteiger partial charge in [0.25, 0.3) is 5.09 Å². The Morgan fingerprint density at radius 2 is 1.80 bits per heavy atom. The van der Waals surface area contributed by atoms with Crippen molar-refractivity contribution in [1.82, 2.24) is 0 Å². The molecule has 0 amide bonds. The van der Waals surface area contributed by atoms with Gasteiger partial charge in [-0.25, -0.2) is 4.79 Å². The van der Waals surface area contributed by atoms with Crippen LogP contribution in [0.4, 0.5) is 4.79 Å². The third-order valence-corrected chi connectivity index (χ3v) is 1.29. The van der Waals surface area contributed by atoms with Crippen LogP contribution in [0.2, 0.25) is 0 Å². The number of carbonyl (C=O) groups is 1. The summed E-state index contributed by atoms with van der Waals surface area (Å²) < 4.78 is 9.12. The molecule has 8 nitrogen and oxygen atoms in total. The summed E-state index contributed by atoms with van der Waals surface area (Å²) >= 11 is 0. The van der Waals surface area contributed by atoms with Crippen molar-refractivity contribution >= 4 is 6.16 Å². The summed E-state index contributed by atoms with van der Waals surface area (Å²) in [5, 5.41) is 8.86. The van der Waals surface area contributed by atoms with Crippen LogP contribution >= 0.6 is 0 Å². The first-order valence-electron chi connectivity index (χ1n) is 4.43. The van der Waals surface area contributed by atoms with Crippen molar-refractivity contribution in [2.75, 3.05) is 26.4 Å². The van der Waals surface area contributed by atoms with Gasteiger partial charge >= 0.3 is 6.16 Å². The third-order valence-electron chi connectivity index (χ3n) is 1.29. The smallest absolute Gasteiger partial charge is 0.434 e. The topological polar surface area (TPSA) is 114 Å². The fraction of sp³-hybridized carbons (Fsp3) is 0.857. The minimum atomic E-state index is -0.865. The summed E-state index contributed by atoms with van der Waals surface area (Å²) in [6, 6.07) is 0. The molecule has 8 heteroatoms. The third kappa shape index (κ3) is 10.4. The van der Waals surface area contributed by atoms with E-state index in [1.807, 2.05) is 0 Å². The highest BCUT2D eigenvalue weighted by Gasteiger charge is 2.02. The maximum absolute atomic E-state index is 10.7. The van der Waals surface area contributed by atoms with Gasteiger partial charge in [-0.05, 0) is 12.8 Å². The molecule has 0 saturated heterocycles. The highest BCUT2D eigenvalue weighted by Crippen LogP contribution is 1.93. The Bertz CT molecular complexity index is 198. The second-order valence-electron chi connectivity index (χ2n) is 2.50. The Hall–Kier alpha value is -1.57. The van der Waals surface area contributed by atoms with Crippen molar-refractivity contribution in [2.45, 2.75) is 12.8 Å². The quantitative estimate of drug-likeness (QED) is 0.268. The van der Waals surface area contributed by atoms with Crippen LogP contribution in [0.5, 0.6) is 0 Å². The normalized spacial score (nSPS) is 9.40. The summed E-state index contributed by atoms with van der Waals surface area (Å²) in [5.41, 5.74) is 5.09. The first kappa shape index (κ1) is 13.4. The molecule has 0 bridgehead atoms. The van der Waals surface area contributed by atoms with Gasteiger partial charge in [0.2, 0.25) is 0 Å². The minimum absolute atomic E-state index is 0.00575. The lowest BCUT2D eigenvalue weighted by molar-refractivity contribution is -0.757. The second-order valence-corrected chi connectivity index (χ2v) is 2.50. The monoisotopic (exact) mass is 222 g/mol. The first-order valence-corrected chi connectivity index (χ1v) is 4.43. The molecule has 0 aliphatic rings. The van der Waals surface area contributed by atoms with Crippen LogP contribution in [0.3, 0.4) is 0 Å². The molecule has 0 radical (unpaired) electrons. The molecule has 0 atom stereocenters. The number of nitrogens with two attached hydrogens (primary N) is 1. The Labute approximate surface area is 86.4 Å². The maximum atomic E-state index is 10.7. The fourth-order valence-electron chi connectivity index (χ4n) is 0.683. The zero-order valence-electron chi connectivity index (χ0n) is 8.22. The molecule has 0 aliphatic heterocycles. The number of ether oxygens (including phenoxy) is 2. The lowest BCUT2D eigenvalue weighted by Gasteiger charge is -2.04. The van der Waals surface area contributed by atoms with Crippen LogP contribution in [0.15, 0.2) is 0 Å². The molecule has 0 aromatic heterocycles. The van der Waals surface area contributed by atoms with Crippen molar-refractivity contribution in [2.24, 2.45) is 5.73 Å². The average molecular weight is 222 g/mol. The van der Waals surface area contributed by atoms with Gasteiger partial charge < -0.3 is 20.0 Å². The number of carbonyl (C=O) groups excluding carboxylic acids is 1. The number of rotatable bonds is 8. The molecule has 0 unspecified atom stereocenters. The van der Waals surface area contributed by atoms with E-state index in [0.29, 0.717) is 12.8 Å². The van der Waals surface area contributed by atoms with E-state index in [1.165, 1.54) is 0 Å². The molecule has 2 N–H and O–H groups in total. The molecule has 0 heterocycles. The summed E-state index contributed by atoms with van der Waals surface area (Å²) in [4.78, 5) is 24.5. The van der Waals surface area contributed by atoms with Gasteiger partial charge in [-0.15, -0.1) is 10.1 Å². The minimum Gasteiger partial charge on any atom is -0.434 e. The van der Waals surface area contributed by atoms with E-state index in [1.54, 1.807) is 0 Å². The van der Waals surface area contributed by atoms with Gasteiger partial charge in [0, 0.05) is 6.54 Å². The van der Waals surface area contributed by atoms with Crippen LogP contribution in [0.25, 0.3) is 0 Å². The van der Waals surface area contributed by atoms with Gasteiger partial charge in [-0.1, -0.05) is 0 Å². The predicted octanol–water partition coefficient (Wildman–Crippen LogP) is 0.0868. The van der Waals surface area contributed by atoms with E-state index in [2.05, 4.69) is 14.3 Å². The Morgan fingerprint density at radius 1 is 1.20 bits per heavy atom.